The molecule has 9 heteroatoms. The Labute approximate surface area is 217 Å². The smallest absolute Gasteiger partial charge is 0.338 e. The van der Waals surface area contributed by atoms with Gasteiger partial charge >= 0.3 is 12.0 Å². The van der Waals surface area contributed by atoms with E-state index in [0.29, 0.717) is 23.6 Å². The Morgan fingerprint density at radius 3 is 2.30 bits per heavy atom. The van der Waals surface area contributed by atoms with Gasteiger partial charge in [0.1, 0.15) is 12.4 Å². The largest absolute Gasteiger partial charge is 0.462 e. The predicted molar refractivity (Wildman–Crippen MR) is 144 cm³/mol. The molecule has 1 aromatic heterocycles. The zero-order chi connectivity index (χ0) is 27.2. The first kappa shape index (κ1) is 27.4. The average Bonchev–Trinajstić information content (AvgIpc) is 3.27. The van der Waals surface area contributed by atoms with Crippen molar-refractivity contribution in [2.24, 2.45) is 0 Å². The number of carbonyl (C=O) groups excluding carboxylic acids is 3. The lowest BCUT2D eigenvalue weighted by Crippen LogP contribution is -2.40. The van der Waals surface area contributed by atoms with E-state index in [2.05, 4.69) is 31.4 Å². The standard InChI is InChI=1S/C28H35N5O4/c1-7-32(27(36)29-21-14-12-20(13-15-21)26(35)37-8-2)18-25(34)30-24-17-23(28(4,5)6)31-33(24)22-11-9-10-19(3)16-22/h9-17H,7-8,18H2,1-6H3,(H,29,36)(H,30,34). The predicted octanol–water partition coefficient (Wildman–Crippen LogP) is 5.15. The maximum absolute atomic E-state index is 13.0. The van der Waals surface area contributed by atoms with Gasteiger partial charge in [0.2, 0.25) is 5.91 Å². The zero-order valence-electron chi connectivity index (χ0n) is 22.3. The molecule has 9 nitrogen and oxygen atoms in total. The van der Waals surface area contributed by atoms with E-state index in [9.17, 15) is 14.4 Å². The summed E-state index contributed by atoms with van der Waals surface area (Å²) >= 11 is 0. The lowest BCUT2D eigenvalue weighted by Gasteiger charge is -2.21. The summed E-state index contributed by atoms with van der Waals surface area (Å²) in [5.41, 5.74) is 3.43. The second-order valence-electron chi connectivity index (χ2n) is 9.71. The number of carbonyl (C=O) groups is 3. The summed E-state index contributed by atoms with van der Waals surface area (Å²) < 4.78 is 6.69. The third-order valence-electron chi connectivity index (χ3n) is 5.64. The number of likely N-dealkylation sites (N-methyl/N-ethyl adjacent to an activating group) is 1. The highest BCUT2D eigenvalue weighted by Crippen LogP contribution is 2.26. The van der Waals surface area contributed by atoms with Gasteiger partial charge in [0.15, 0.2) is 0 Å². The minimum absolute atomic E-state index is 0.146. The van der Waals surface area contributed by atoms with Crippen LogP contribution in [-0.2, 0) is 14.9 Å². The monoisotopic (exact) mass is 505 g/mol. The van der Waals surface area contributed by atoms with Crippen molar-refractivity contribution in [2.75, 3.05) is 30.3 Å². The highest BCUT2D eigenvalue weighted by atomic mass is 16.5. The minimum atomic E-state index is -0.427. The Morgan fingerprint density at radius 1 is 1.00 bits per heavy atom. The first-order valence-corrected chi connectivity index (χ1v) is 12.3. The summed E-state index contributed by atoms with van der Waals surface area (Å²) in [6.45, 7) is 12.2. The van der Waals surface area contributed by atoms with Gasteiger partial charge in [0.25, 0.3) is 0 Å². The summed E-state index contributed by atoms with van der Waals surface area (Å²) in [7, 11) is 0. The van der Waals surface area contributed by atoms with Crippen molar-refractivity contribution >= 4 is 29.4 Å². The Morgan fingerprint density at radius 2 is 1.70 bits per heavy atom. The molecule has 3 amide bonds. The fraction of sp³-hybridized carbons (Fsp3) is 0.357. The van der Waals surface area contributed by atoms with Gasteiger partial charge in [-0.2, -0.15) is 5.10 Å². The molecule has 2 N–H and O–H groups in total. The fourth-order valence-electron chi connectivity index (χ4n) is 3.58. The maximum Gasteiger partial charge on any atom is 0.338 e. The Bertz CT molecular complexity index is 1260. The van der Waals surface area contributed by atoms with E-state index < -0.39 is 12.0 Å². The van der Waals surface area contributed by atoms with Gasteiger partial charge in [0, 0.05) is 23.7 Å². The van der Waals surface area contributed by atoms with Gasteiger partial charge in [-0.1, -0.05) is 32.9 Å². The molecule has 3 aromatic rings. The number of rotatable bonds is 8. The summed E-state index contributed by atoms with van der Waals surface area (Å²) in [5.74, 6) is -0.234. The van der Waals surface area contributed by atoms with Crippen LogP contribution in [0.4, 0.5) is 16.3 Å². The van der Waals surface area contributed by atoms with Crippen LogP contribution >= 0.6 is 0 Å². The maximum atomic E-state index is 13.0. The van der Waals surface area contributed by atoms with E-state index in [1.54, 1.807) is 42.8 Å². The second kappa shape index (κ2) is 11.7. The lowest BCUT2D eigenvalue weighted by molar-refractivity contribution is -0.116. The van der Waals surface area contributed by atoms with Gasteiger partial charge in [-0.25, -0.2) is 14.3 Å². The van der Waals surface area contributed by atoms with E-state index in [1.165, 1.54) is 4.90 Å². The number of hydrogen-bond acceptors (Lipinski definition) is 5. The quantitative estimate of drug-likeness (QED) is 0.412. The molecule has 0 spiro atoms. The van der Waals surface area contributed by atoms with Crippen LogP contribution in [0.1, 0.15) is 56.2 Å². The number of amides is 3. The minimum Gasteiger partial charge on any atom is -0.462 e. The Hall–Kier alpha value is -4.14. The Kier molecular flexibility index (Phi) is 8.70. The molecule has 0 saturated heterocycles. The number of benzene rings is 2. The van der Waals surface area contributed by atoms with Crippen molar-refractivity contribution in [1.29, 1.82) is 0 Å². The normalized spacial score (nSPS) is 11.1. The van der Waals surface area contributed by atoms with Crippen molar-refractivity contribution < 1.29 is 19.1 Å². The van der Waals surface area contributed by atoms with Crippen LogP contribution in [0.5, 0.6) is 0 Å². The molecular formula is C28H35N5O4. The van der Waals surface area contributed by atoms with E-state index in [4.69, 9.17) is 9.84 Å². The fourth-order valence-corrected chi connectivity index (χ4v) is 3.58. The van der Waals surface area contributed by atoms with E-state index in [0.717, 1.165) is 16.9 Å². The summed E-state index contributed by atoms with van der Waals surface area (Å²) in [4.78, 5) is 39.1. The van der Waals surface area contributed by atoms with E-state index in [1.807, 2.05) is 37.3 Å². The van der Waals surface area contributed by atoms with Gasteiger partial charge in [-0.15, -0.1) is 0 Å². The van der Waals surface area contributed by atoms with Crippen molar-refractivity contribution in [1.82, 2.24) is 14.7 Å². The molecule has 196 valence electrons. The lowest BCUT2D eigenvalue weighted by atomic mass is 9.92. The molecule has 2 aromatic carbocycles. The number of anilines is 2. The van der Waals surface area contributed by atoms with Crippen LogP contribution in [0.3, 0.4) is 0 Å². The summed E-state index contributed by atoms with van der Waals surface area (Å²) in [6, 6.07) is 15.7. The number of aromatic nitrogens is 2. The van der Waals surface area contributed by atoms with Crippen LogP contribution in [0, 0.1) is 6.92 Å². The van der Waals surface area contributed by atoms with Crippen molar-refractivity contribution in [3.63, 3.8) is 0 Å². The highest BCUT2D eigenvalue weighted by molar-refractivity contribution is 5.97. The molecule has 3 rings (SSSR count). The van der Waals surface area contributed by atoms with Gasteiger partial charge in [-0.3, -0.25) is 4.79 Å². The van der Waals surface area contributed by atoms with Gasteiger partial charge in [0.05, 0.1) is 23.6 Å². The molecule has 0 fully saturated rings. The molecule has 37 heavy (non-hydrogen) atoms. The Balaban J connectivity index is 1.72. The summed E-state index contributed by atoms with van der Waals surface area (Å²) in [5, 5.41) is 10.4. The number of hydrogen-bond donors (Lipinski definition) is 2. The molecule has 0 bridgehead atoms. The SMILES string of the molecule is CCOC(=O)c1ccc(NC(=O)N(CC)CC(=O)Nc2cc(C(C)(C)C)nn2-c2cccc(C)c2)cc1. The van der Waals surface area contributed by atoms with Gasteiger partial charge in [-0.05, 0) is 62.7 Å². The molecule has 0 atom stereocenters. The third-order valence-corrected chi connectivity index (χ3v) is 5.64. The van der Waals surface area contributed by atoms with Crippen molar-refractivity contribution in [2.45, 2.75) is 47.0 Å². The first-order chi connectivity index (χ1) is 17.5. The van der Waals surface area contributed by atoms with E-state index >= 15 is 0 Å². The van der Waals surface area contributed by atoms with Crippen LogP contribution in [0.25, 0.3) is 5.69 Å². The molecule has 0 aliphatic rings. The second-order valence-corrected chi connectivity index (χ2v) is 9.71. The number of aryl methyl sites for hydroxylation is 1. The average molecular weight is 506 g/mol. The van der Waals surface area contributed by atoms with Crippen LogP contribution in [-0.4, -0.2) is 52.3 Å². The number of urea groups is 1. The molecule has 0 unspecified atom stereocenters. The number of esters is 1. The molecule has 0 aliphatic heterocycles. The molecule has 0 saturated carbocycles. The van der Waals surface area contributed by atoms with Crippen molar-refractivity contribution in [3.8, 4) is 5.69 Å². The summed E-state index contributed by atoms with van der Waals surface area (Å²) in [6.07, 6.45) is 0. The van der Waals surface area contributed by atoms with Crippen LogP contribution in [0.15, 0.2) is 54.6 Å². The van der Waals surface area contributed by atoms with Crippen LogP contribution < -0.4 is 10.6 Å². The number of ether oxygens (including phenoxy) is 1. The zero-order valence-corrected chi connectivity index (χ0v) is 22.3. The molecule has 1 heterocycles. The molecular weight excluding hydrogens is 470 g/mol. The number of nitrogens with zero attached hydrogens (tertiary/aromatic N) is 3. The van der Waals surface area contributed by atoms with Gasteiger partial charge < -0.3 is 20.3 Å². The van der Waals surface area contributed by atoms with Crippen molar-refractivity contribution in [3.05, 3.63) is 71.4 Å². The molecule has 0 radical (unpaired) electrons. The topological polar surface area (TPSA) is 106 Å². The first-order valence-electron chi connectivity index (χ1n) is 12.3. The third kappa shape index (κ3) is 7.19. The van der Waals surface area contributed by atoms with Crippen LogP contribution in [0.2, 0.25) is 0 Å². The van der Waals surface area contributed by atoms with E-state index in [-0.39, 0.29) is 24.5 Å². The number of nitrogens with one attached hydrogen (secondary N) is 2. The highest BCUT2D eigenvalue weighted by Gasteiger charge is 2.23. The molecule has 0 aliphatic carbocycles.